The topological polar surface area (TPSA) is 23.8 Å². The van der Waals surface area contributed by atoms with E-state index in [0.717, 1.165) is 18.2 Å². The molecular weight excluding hydrogens is 258 g/mol. The van der Waals surface area contributed by atoms with E-state index >= 15 is 0 Å². The van der Waals surface area contributed by atoms with Crippen LogP contribution in [0.15, 0.2) is 42.5 Å². The molecule has 0 unspecified atom stereocenters. The molecule has 0 amide bonds. The molecule has 1 nitrogen and oxygen atoms in total. The predicted molar refractivity (Wildman–Crippen MR) is 61.6 cm³/mol. The molecule has 5 heteroatoms. The second-order valence-corrected chi connectivity index (χ2v) is 3.88. The minimum absolute atomic E-state index is 0.160. The second-order valence-electron chi connectivity index (χ2n) is 3.88. The molecule has 0 radical (unpaired) electrons. The summed E-state index contributed by atoms with van der Waals surface area (Å²) in [6, 6.07) is 9.81. The molecular formula is C14H7F4N. The van der Waals surface area contributed by atoms with Gasteiger partial charge in [-0.05, 0) is 29.8 Å². The largest absolute Gasteiger partial charge is 0.416 e. The zero-order valence-electron chi connectivity index (χ0n) is 9.50. The maximum Gasteiger partial charge on any atom is 0.416 e. The van der Waals surface area contributed by atoms with Crippen molar-refractivity contribution in [2.24, 2.45) is 0 Å². The minimum Gasteiger partial charge on any atom is -0.206 e. The van der Waals surface area contributed by atoms with Crippen LogP contribution in [0.5, 0.6) is 0 Å². The number of hydrogen-bond acceptors (Lipinski definition) is 1. The number of nitriles is 1. The van der Waals surface area contributed by atoms with Gasteiger partial charge in [-0.25, -0.2) is 4.39 Å². The van der Waals surface area contributed by atoms with Gasteiger partial charge in [-0.2, -0.15) is 18.4 Å². The summed E-state index contributed by atoms with van der Waals surface area (Å²) >= 11 is 0. The molecule has 0 N–H and O–H groups in total. The quantitative estimate of drug-likeness (QED) is 0.702. The number of benzene rings is 2. The average molecular weight is 265 g/mol. The van der Waals surface area contributed by atoms with Gasteiger partial charge in [-0.1, -0.05) is 18.2 Å². The molecule has 0 bridgehead atoms. The molecule has 0 aliphatic rings. The van der Waals surface area contributed by atoms with E-state index in [2.05, 4.69) is 0 Å². The molecule has 2 rings (SSSR count). The first-order valence-electron chi connectivity index (χ1n) is 5.29. The number of halogens is 4. The van der Waals surface area contributed by atoms with Gasteiger partial charge in [-0.15, -0.1) is 0 Å². The van der Waals surface area contributed by atoms with E-state index in [1.807, 2.05) is 0 Å². The summed E-state index contributed by atoms with van der Waals surface area (Å²) in [5, 5.41) is 8.61. The zero-order valence-corrected chi connectivity index (χ0v) is 9.50. The Morgan fingerprint density at radius 3 is 2.05 bits per heavy atom. The normalized spacial score (nSPS) is 11.1. The SMILES string of the molecule is N#Cc1ccc(-c2ccc(C(F)(F)F)cc2)c(F)c1. The molecule has 96 valence electrons. The predicted octanol–water partition coefficient (Wildman–Crippen LogP) is 4.38. The van der Waals surface area contributed by atoms with E-state index in [1.165, 1.54) is 24.3 Å². The van der Waals surface area contributed by atoms with Crippen molar-refractivity contribution >= 4 is 0 Å². The third-order valence-corrected chi connectivity index (χ3v) is 2.62. The van der Waals surface area contributed by atoms with Crippen LogP contribution >= 0.6 is 0 Å². The highest BCUT2D eigenvalue weighted by molar-refractivity contribution is 5.65. The van der Waals surface area contributed by atoms with Crippen LogP contribution in [0, 0.1) is 17.1 Å². The van der Waals surface area contributed by atoms with E-state index in [0.29, 0.717) is 5.56 Å². The van der Waals surface area contributed by atoms with Crippen molar-refractivity contribution < 1.29 is 17.6 Å². The second kappa shape index (κ2) is 4.73. The van der Waals surface area contributed by atoms with Crippen LogP contribution in [0.1, 0.15) is 11.1 Å². The van der Waals surface area contributed by atoms with Gasteiger partial charge in [0.1, 0.15) is 5.82 Å². The first-order chi connectivity index (χ1) is 8.91. The summed E-state index contributed by atoms with van der Waals surface area (Å²) in [5.74, 6) is -0.640. The summed E-state index contributed by atoms with van der Waals surface area (Å²) < 4.78 is 50.9. The van der Waals surface area contributed by atoms with Crippen LogP contribution in [0.3, 0.4) is 0 Å². The van der Waals surface area contributed by atoms with Crippen LogP contribution in [0.25, 0.3) is 11.1 Å². The van der Waals surface area contributed by atoms with Gasteiger partial charge in [0.05, 0.1) is 17.2 Å². The van der Waals surface area contributed by atoms with E-state index in [9.17, 15) is 17.6 Å². The third kappa shape index (κ3) is 2.74. The molecule has 0 saturated heterocycles. The number of rotatable bonds is 1. The number of nitrogens with zero attached hydrogens (tertiary/aromatic N) is 1. The van der Waals surface area contributed by atoms with Gasteiger partial charge < -0.3 is 0 Å². The van der Waals surface area contributed by atoms with Crippen LogP contribution in [0.2, 0.25) is 0 Å². The Labute approximate surface area is 106 Å². The van der Waals surface area contributed by atoms with Gasteiger partial charge in [0, 0.05) is 5.56 Å². The van der Waals surface area contributed by atoms with Crippen molar-refractivity contribution in [3.05, 3.63) is 59.4 Å². The molecule has 0 aliphatic carbocycles. The standard InChI is InChI=1S/C14H7F4N/c15-13-7-9(8-19)1-6-12(13)10-2-4-11(5-3-10)14(16,17)18/h1-7H. The molecule has 0 atom stereocenters. The monoisotopic (exact) mass is 265 g/mol. The smallest absolute Gasteiger partial charge is 0.206 e. The van der Waals surface area contributed by atoms with Crippen molar-refractivity contribution in [3.63, 3.8) is 0 Å². The highest BCUT2D eigenvalue weighted by Crippen LogP contribution is 2.31. The molecule has 0 aromatic heterocycles. The van der Waals surface area contributed by atoms with Crippen LogP contribution in [-0.4, -0.2) is 0 Å². The Balaban J connectivity index is 2.41. The van der Waals surface area contributed by atoms with Gasteiger partial charge >= 0.3 is 6.18 Å². The van der Waals surface area contributed by atoms with Crippen LogP contribution < -0.4 is 0 Å². The highest BCUT2D eigenvalue weighted by Gasteiger charge is 2.30. The van der Waals surface area contributed by atoms with Crippen molar-refractivity contribution in [1.82, 2.24) is 0 Å². The Kier molecular flexibility index (Phi) is 3.26. The van der Waals surface area contributed by atoms with Crippen molar-refractivity contribution in [2.45, 2.75) is 6.18 Å². The Morgan fingerprint density at radius 2 is 1.58 bits per heavy atom. The summed E-state index contributed by atoms with van der Waals surface area (Å²) in [5.41, 5.74) is -0.138. The first kappa shape index (κ1) is 13.1. The first-order valence-corrected chi connectivity index (χ1v) is 5.29. The number of alkyl halides is 3. The highest BCUT2D eigenvalue weighted by atomic mass is 19.4. The van der Waals surface area contributed by atoms with Crippen LogP contribution in [0.4, 0.5) is 17.6 Å². The number of hydrogen-bond donors (Lipinski definition) is 0. The fourth-order valence-corrected chi connectivity index (χ4v) is 1.66. The summed E-state index contributed by atoms with van der Waals surface area (Å²) in [4.78, 5) is 0. The van der Waals surface area contributed by atoms with E-state index in [-0.39, 0.29) is 11.1 Å². The summed E-state index contributed by atoms with van der Waals surface area (Å²) in [6.45, 7) is 0. The Morgan fingerprint density at radius 1 is 0.947 bits per heavy atom. The van der Waals surface area contributed by atoms with Gasteiger partial charge in [-0.3, -0.25) is 0 Å². The maximum atomic E-state index is 13.7. The summed E-state index contributed by atoms with van der Waals surface area (Å²) in [6.07, 6.45) is -4.41. The van der Waals surface area contributed by atoms with E-state index in [1.54, 1.807) is 6.07 Å². The minimum atomic E-state index is -4.41. The lowest BCUT2D eigenvalue weighted by molar-refractivity contribution is -0.137. The fraction of sp³-hybridized carbons (Fsp3) is 0.0714. The molecule has 2 aromatic carbocycles. The lowest BCUT2D eigenvalue weighted by atomic mass is 10.0. The van der Waals surface area contributed by atoms with E-state index < -0.39 is 17.6 Å². The maximum absolute atomic E-state index is 13.7. The molecule has 19 heavy (non-hydrogen) atoms. The molecule has 0 aliphatic heterocycles. The lowest BCUT2D eigenvalue weighted by Gasteiger charge is -2.08. The van der Waals surface area contributed by atoms with Crippen molar-refractivity contribution in [2.75, 3.05) is 0 Å². The molecule has 0 saturated carbocycles. The Hall–Kier alpha value is -2.35. The molecule has 0 fully saturated rings. The zero-order chi connectivity index (χ0) is 14.0. The molecule has 0 heterocycles. The van der Waals surface area contributed by atoms with Gasteiger partial charge in [0.15, 0.2) is 0 Å². The van der Waals surface area contributed by atoms with Crippen LogP contribution in [-0.2, 0) is 6.18 Å². The third-order valence-electron chi connectivity index (χ3n) is 2.62. The summed E-state index contributed by atoms with van der Waals surface area (Å²) in [7, 11) is 0. The van der Waals surface area contributed by atoms with Crippen molar-refractivity contribution in [3.8, 4) is 17.2 Å². The fourth-order valence-electron chi connectivity index (χ4n) is 1.66. The molecule has 0 spiro atoms. The Bertz CT molecular complexity index is 636. The molecule has 2 aromatic rings. The van der Waals surface area contributed by atoms with Gasteiger partial charge in [0.25, 0.3) is 0 Å². The average Bonchev–Trinajstić information content (AvgIpc) is 2.37. The van der Waals surface area contributed by atoms with Crippen molar-refractivity contribution in [1.29, 1.82) is 5.26 Å². The lowest BCUT2D eigenvalue weighted by Crippen LogP contribution is -2.04. The van der Waals surface area contributed by atoms with E-state index in [4.69, 9.17) is 5.26 Å². The van der Waals surface area contributed by atoms with Gasteiger partial charge in [0.2, 0.25) is 0 Å².